The normalized spacial score (nSPS) is 11.2. The molecule has 1 N–H and O–H groups in total. The Morgan fingerprint density at radius 3 is 2.53 bits per heavy atom. The Balaban J connectivity index is 3.10. The van der Waals surface area contributed by atoms with Gasteiger partial charge in [-0.2, -0.15) is 0 Å². The van der Waals surface area contributed by atoms with E-state index in [9.17, 15) is 19.1 Å². The first kappa shape index (κ1) is 13.3. The van der Waals surface area contributed by atoms with Crippen LogP contribution in [0.15, 0.2) is 23.0 Å². The predicted octanol–water partition coefficient (Wildman–Crippen LogP) is 2.73. The van der Waals surface area contributed by atoms with Crippen molar-refractivity contribution in [3.8, 4) is 0 Å². The van der Waals surface area contributed by atoms with E-state index in [4.69, 9.17) is 0 Å². The van der Waals surface area contributed by atoms with Crippen molar-refractivity contribution in [3.63, 3.8) is 0 Å². The molecule has 5 heteroatoms. The summed E-state index contributed by atoms with van der Waals surface area (Å²) in [6, 6.07) is 3.59. The summed E-state index contributed by atoms with van der Waals surface area (Å²) in [6.45, 7) is 5.06. The van der Waals surface area contributed by atoms with E-state index in [1.54, 1.807) is 13.8 Å². The summed E-state index contributed by atoms with van der Waals surface area (Å²) in [4.78, 5) is 23.5. The highest BCUT2D eigenvalue weighted by molar-refractivity contribution is 5.92. The summed E-state index contributed by atoms with van der Waals surface area (Å²) in [5.41, 5.74) is 0.0192. The van der Waals surface area contributed by atoms with Gasteiger partial charge in [0.25, 0.3) is 0 Å². The molecule has 0 saturated carbocycles. The van der Waals surface area contributed by atoms with Gasteiger partial charge in [-0.05, 0) is 39.0 Å². The van der Waals surface area contributed by atoms with Gasteiger partial charge in [-0.1, -0.05) is 0 Å². The molecule has 0 radical (unpaired) electrons. The average molecular weight is 263 g/mol. The van der Waals surface area contributed by atoms with Crippen LogP contribution in [0.2, 0.25) is 0 Å². The zero-order valence-corrected chi connectivity index (χ0v) is 10.9. The molecular weight excluding hydrogens is 249 g/mol. The Morgan fingerprint density at radius 1 is 1.37 bits per heavy atom. The van der Waals surface area contributed by atoms with Crippen LogP contribution in [0.4, 0.5) is 4.39 Å². The summed E-state index contributed by atoms with van der Waals surface area (Å²) >= 11 is 0. The number of fused-ring (bicyclic) bond motifs is 1. The van der Waals surface area contributed by atoms with Crippen LogP contribution in [0, 0.1) is 12.7 Å². The summed E-state index contributed by atoms with van der Waals surface area (Å²) in [5, 5.41) is 9.63. The number of aromatic carboxylic acids is 1. The number of aromatic nitrogens is 1. The quantitative estimate of drug-likeness (QED) is 0.906. The lowest BCUT2D eigenvalue weighted by Gasteiger charge is -2.20. The molecule has 0 unspecified atom stereocenters. The number of carboxylic acid groups (broad SMARTS) is 1. The maximum Gasteiger partial charge on any atom is 0.352 e. The third-order valence-corrected chi connectivity index (χ3v) is 3.12. The Kier molecular flexibility index (Phi) is 3.14. The van der Waals surface area contributed by atoms with Gasteiger partial charge in [0.15, 0.2) is 5.43 Å². The van der Waals surface area contributed by atoms with Gasteiger partial charge in [0.2, 0.25) is 0 Å². The molecule has 0 spiro atoms. The second-order valence-electron chi connectivity index (χ2n) is 4.73. The van der Waals surface area contributed by atoms with E-state index in [2.05, 4.69) is 0 Å². The standard InChI is InChI=1S/C14H14FNO3/c1-7(2)16-11-6-9(15)4-5-10(11)13(17)8(3)12(16)14(18)19/h4-7H,1-3H3,(H,18,19). The molecule has 2 rings (SSSR count). The van der Waals surface area contributed by atoms with E-state index in [0.717, 1.165) is 0 Å². The third-order valence-electron chi connectivity index (χ3n) is 3.12. The van der Waals surface area contributed by atoms with Crippen LogP contribution < -0.4 is 5.43 Å². The van der Waals surface area contributed by atoms with Crippen LogP contribution >= 0.6 is 0 Å². The van der Waals surface area contributed by atoms with Crippen molar-refractivity contribution >= 4 is 16.9 Å². The lowest BCUT2D eigenvalue weighted by molar-refractivity contribution is 0.0682. The van der Waals surface area contributed by atoms with Crippen LogP contribution in [0.3, 0.4) is 0 Å². The van der Waals surface area contributed by atoms with Crippen molar-refractivity contribution in [1.82, 2.24) is 4.57 Å². The molecule has 0 aliphatic rings. The zero-order valence-electron chi connectivity index (χ0n) is 10.9. The fourth-order valence-electron chi connectivity index (χ4n) is 2.31. The highest BCUT2D eigenvalue weighted by Gasteiger charge is 2.20. The predicted molar refractivity (Wildman–Crippen MR) is 70.2 cm³/mol. The molecule has 1 aromatic carbocycles. The Labute approximate surface area is 109 Å². The number of hydrogen-bond acceptors (Lipinski definition) is 2. The van der Waals surface area contributed by atoms with Crippen molar-refractivity contribution in [3.05, 3.63) is 45.5 Å². The van der Waals surface area contributed by atoms with Gasteiger partial charge in [-0.15, -0.1) is 0 Å². The lowest BCUT2D eigenvalue weighted by atomic mass is 10.1. The maximum atomic E-state index is 13.4. The smallest absolute Gasteiger partial charge is 0.352 e. The van der Waals surface area contributed by atoms with Crippen molar-refractivity contribution in [2.75, 3.05) is 0 Å². The molecule has 0 amide bonds. The van der Waals surface area contributed by atoms with Crippen molar-refractivity contribution in [2.45, 2.75) is 26.8 Å². The van der Waals surface area contributed by atoms with E-state index in [1.807, 2.05) is 0 Å². The van der Waals surface area contributed by atoms with Gasteiger partial charge in [-0.25, -0.2) is 9.18 Å². The number of benzene rings is 1. The van der Waals surface area contributed by atoms with Crippen molar-refractivity contribution in [1.29, 1.82) is 0 Å². The highest BCUT2D eigenvalue weighted by Crippen LogP contribution is 2.22. The fraction of sp³-hybridized carbons (Fsp3) is 0.286. The van der Waals surface area contributed by atoms with Crippen LogP contribution in [-0.4, -0.2) is 15.6 Å². The number of hydrogen-bond donors (Lipinski definition) is 1. The summed E-state index contributed by atoms with van der Waals surface area (Å²) < 4.78 is 14.9. The number of rotatable bonds is 2. The monoisotopic (exact) mass is 263 g/mol. The Hall–Kier alpha value is -2.17. The number of carboxylic acids is 1. The molecule has 19 heavy (non-hydrogen) atoms. The van der Waals surface area contributed by atoms with Crippen LogP contribution in [-0.2, 0) is 0 Å². The number of pyridine rings is 1. The van der Waals surface area contributed by atoms with Gasteiger partial charge in [0, 0.05) is 17.0 Å². The SMILES string of the molecule is Cc1c(C(=O)O)n(C(C)C)c2cc(F)ccc2c1=O. The minimum atomic E-state index is -1.19. The summed E-state index contributed by atoms with van der Waals surface area (Å²) in [7, 11) is 0. The molecule has 4 nitrogen and oxygen atoms in total. The molecule has 1 heterocycles. The van der Waals surface area contributed by atoms with E-state index in [0.29, 0.717) is 10.9 Å². The summed E-state index contributed by atoms with van der Waals surface area (Å²) in [5.74, 6) is -1.68. The molecule has 0 aliphatic carbocycles. The minimum absolute atomic E-state index is 0.0851. The number of halogens is 1. The topological polar surface area (TPSA) is 59.3 Å². The van der Waals surface area contributed by atoms with Gasteiger partial charge in [0.05, 0.1) is 5.52 Å². The van der Waals surface area contributed by atoms with Gasteiger partial charge < -0.3 is 9.67 Å². The van der Waals surface area contributed by atoms with Crippen molar-refractivity contribution in [2.24, 2.45) is 0 Å². The van der Waals surface area contributed by atoms with Crippen molar-refractivity contribution < 1.29 is 14.3 Å². The van der Waals surface area contributed by atoms with Gasteiger partial charge in [0.1, 0.15) is 11.5 Å². The first-order chi connectivity index (χ1) is 8.84. The molecule has 1 aromatic heterocycles. The molecule has 0 atom stereocenters. The first-order valence-electron chi connectivity index (χ1n) is 5.92. The Bertz CT molecular complexity index is 732. The maximum absolute atomic E-state index is 13.4. The minimum Gasteiger partial charge on any atom is -0.477 e. The number of nitrogens with zero attached hydrogens (tertiary/aromatic N) is 1. The molecular formula is C14H14FNO3. The Morgan fingerprint density at radius 2 is 2.00 bits per heavy atom. The van der Waals surface area contributed by atoms with E-state index in [1.165, 1.54) is 29.7 Å². The summed E-state index contributed by atoms with van der Waals surface area (Å²) in [6.07, 6.45) is 0. The molecule has 100 valence electrons. The zero-order chi connectivity index (χ0) is 14.3. The molecule has 0 fully saturated rings. The van der Waals surface area contributed by atoms with Crippen LogP contribution in [0.25, 0.3) is 10.9 Å². The van der Waals surface area contributed by atoms with Gasteiger partial charge >= 0.3 is 5.97 Å². The van der Waals surface area contributed by atoms with Crippen LogP contribution in [0.1, 0.15) is 35.9 Å². The second-order valence-corrected chi connectivity index (χ2v) is 4.73. The molecule has 2 aromatic rings. The second kappa shape index (κ2) is 4.50. The largest absolute Gasteiger partial charge is 0.477 e. The number of carbonyl (C=O) groups is 1. The lowest BCUT2D eigenvalue weighted by Crippen LogP contribution is -2.23. The first-order valence-corrected chi connectivity index (χ1v) is 5.92. The molecule has 0 saturated heterocycles. The highest BCUT2D eigenvalue weighted by atomic mass is 19.1. The van der Waals surface area contributed by atoms with E-state index in [-0.39, 0.29) is 22.7 Å². The molecule has 0 aliphatic heterocycles. The average Bonchev–Trinajstić information content (AvgIpc) is 2.32. The van der Waals surface area contributed by atoms with E-state index >= 15 is 0 Å². The molecule has 0 bridgehead atoms. The van der Waals surface area contributed by atoms with Gasteiger partial charge in [-0.3, -0.25) is 4.79 Å². The van der Waals surface area contributed by atoms with Crippen LogP contribution in [0.5, 0.6) is 0 Å². The van der Waals surface area contributed by atoms with E-state index < -0.39 is 11.8 Å². The fourth-order valence-corrected chi connectivity index (χ4v) is 2.31. The third kappa shape index (κ3) is 2.01.